The summed E-state index contributed by atoms with van der Waals surface area (Å²) >= 11 is 3.26. The molecule has 0 aliphatic rings. The van der Waals surface area contributed by atoms with E-state index in [-0.39, 0.29) is 4.90 Å². The highest BCUT2D eigenvalue weighted by Crippen LogP contribution is 2.29. The lowest BCUT2D eigenvalue weighted by atomic mass is 10.2. The summed E-state index contributed by atoms with van der Waals surface area (Å²) in [7, 11) is -3.84. The number of carbonyl (C=O) groups excluding carboxylic acids is 1. The van der Waals surface area contributed by atoms with Crippen molar-refractivity contribution in [1.29, 1.82) is 0 Å². The van der Waals surface area contributed by atoms with Crippen molar-refractivity contribution in [1.82, 2.24) is 4.72 Å². The van der Waals surface area contributed by atoms with Gasteiger partial charge in [0.15, 0.2) is 5.75 Å². The van der Waals surface area contributed by atoms with Gasteiger partial charge in [0.1, 0.15) is 5.75 Å². The minimum atomic E-state index is -3.84. The van der Waals surface area contributed by atoms with E-state index in [1.807, 2.05) is 18.2 Å². The van der Waals surface area contributed by atoms with E-state index in [0.717, 1.165) is 4.47 Å². The van der Waals surface area contributed by atoms with Gasteiger partial charge in [0.25, 0.3) is 0 Å². The Morgan fingerprint density at radius 2 is 1.55 bits per heavy atom. The second-order valence-electron chi connectivity index (χ2n) is 6.20. The molecule has 0 aromatic heterocycles. The van der Waals surface area contributed by atoms with E-state index < -0.39 is 22.0 Å². The molecule has 29 heavy (non-hydrogen) atoms. The Morgan fingerprint density at radius 3 is 2.24 bits per heavy atom. The number of amides is 1. The maximum atomic E-state index is 12.6. The number of anilines is 1. The molecule has 150 valence electrons. The zero-order chi connectivity index (χ0) is 20.9. The third-order valence-electron chi connectivity index (χ3n) is 3.97. The highest BCUT2D eigenvalue weighted by molar-refractivity contribution is 9.10. The normalized spacial score (nSPS) is 12.2. The van der Waals surface area contributed by atoms with E-state index in [1.165, 1.54) is 19.1 Å². The number of nitrogens with one attached hydrogen (secondary N) is 2. The van der Waals surface area contributed by atoms with Crippen LogP contribution in [0.25, 0.3) is 0 Å². The van der Waals surface area contributed by atoms with Gasteiger partial charge >= 0.3 is 0 Å². The molecule has 0 saturated heterocycles. The molecule has 3 rings (SSSR count). The molecule has 0 spiro atoms. The number of sulfonamides is 1. The summed E-state index contributed by atoms with van der Waals surface area (Å²) in [6.45, 7) is 1.48. The van der Waals surface area contributed by atoms with Gasteiger partial charge < -0.3 is 10.1 Å². The molecule has 3 aromatic carbocycles. The Balaban J connectivity index is 1.71. The molecule has 0 heterocycles. The van der Waals surface area contributed by atoms with Crippen LogP contribution in [0.15, 0.2) is 88.2 Å². The number of hydrogen-bond acceptors (Lipinski definition) is 4. The lowest BCUT2D eigenvalue weighted by molar-refractivity contribution is -0.117. The first-order chi connectivity index (χ1) is 13.8. The molecule has 3 aromatic rings. The van der Waals surface area contributed by atoms with Crippen LogP contribution in [-0.4, -0.2) is 20.4 Å². The number of hydrogen-bond donors (Lipinski definition) is 2. The number of rotatable bonds is 7. The van der Waals surface area contributed by atoms with E-state index >= 15 is 0 Å². The number of benzene rings is 3. The molecule has 0 unspecified atom stereocenters. The quantitative estimate of drug-likeness (QED) is 0.525. The lowest BCUT2D eigenvalue weighted by Gasteiger charge is -2.16. The topological polar surface area (TPSA) is 84.5 Å². The largest absolute Gasteiger partial charge is 0.455 e. The summed E-state index contributed by atoms with van der Waals surface area (Å²) in [6.07, 6.45) is 0. The van der Waals surface area contributed by atoms with Gasteiger partial charge in [-0.1, -0.05) is 46.3 Å². The van der Waals surface area contributed by atoms with Crippen LogP contribution in [0.1, 0.15) is 6.92 Å². The summed E-state index contributed by atoms with van der Waals surface area (Å²) in [5.41, 5.74) is 0.441. The maximum Gasteiger partial charge on any atom is 0.242 e. The molecule has 0 bridgehead atoms. The minimum Gasteiger partial charge on any atom is -0.455 e. The van der Waals surface area contributed by atoms with Gasteiger partial charge in [-0.3, -0.25) is 4.79 Å². The van der Waals surface area contributed by atoms with E-state index in [1.54, 1.807) is 48.5 Å². The summed E-state index contributed by atoms with van der Waals surface area (Å²) in [5.74, 6) is 0.572. The summed E-state index contributed by atoms with van der Waals surface area (Å²) < 4.78 is 33.9. The number of ether oxygens (including phenoxy) is 1. The molecule has 0 aliphatic heterocycles. The number of para-hydroxylation sites is 3. The predicted molar refractivity (Wildman–Crippen MR) is 116 cm³/mol. The fraction of sp³-hybridized carbons (Fsp3) is 0.0952. The van der Waals surface area contributed by atoms with Crippen LogP contribution in [0, 0.1) is 0 Å². The summed E-state index contributed by atoms with van der Waals surface area (Å²) in [4.78, 5) is 12.7. The highest BCUT2D eigenvalue weighted by atomic mass is 79.9. The first-order valence-corrected chi connectivity index (χ1v) is 11.0. The fourth-order valence-corrected chi connectivity index (χ4v) is 3.95. The van der Waals surface area contributed by atoms with Gasteiger partial charge in [0.2, 0.25) is 15.9 Å². The molecular formula is C21H19BrN2O4S. The SMILES string of the molecule is C[C@H](NS(=O)(=O)c1ccc(Br)cc1)C(=O)Nc1ccccc1Oc1ccccc1. The zero-order valence-corrected chi connectivity index (χ0v) is 17.9. The average Bonchev–Trinajstić information content (AvgIpc) is 2.70. The van der Waals surface area contributed by atoms with Crippen molar-refractivity contribution in [3.63, 3.8) is 0 Å². The Bertz CT molecular complexity index is 1090. The van der Waals surface area contributed by atoms with Gasteiger partial charge in [0, 0.05) is 4.47 Å². The van der Waals surface area contributed by atoms with Gasteiger partial charge in [-0.25, -0.2) is 8.42 Å². The number of halogens is 1. The van der Waals surface area contributed by atoms with Crippen LogP contribution in [0.2, 0.25) is 0 Å². The minimum absolute atomic E-state index is 0.0770. The fourth-order valence-electron chi connectivity index (χ4n) is 2.48. The van der Waals surface area contributed by atoms with E-state index in [2.05, 4.69) is 26.0 Å². The Kier molecular flexibility index (Phi) is 6.68. The van der Waals surface area contributed by atoms with Crippen LogP contribution in [0.4, 0.5) is 5.69 Å². The van der Waals surface area contributed by atoms with E-state index in [0.29, 0.717) is 17.2 Å². The van der Waals surface area contributed by atoms with Gasteiger partial charge in [-0.2, -0.15) is 4.72 Å². The van der Waals surface area contributed by atoms with E-state index in [9.17, 15) is 13.2 Å². The monoisotopic (exact) mass is 474 g/mol. The van der Waals surface area contributed by atoms with Crippen molar-refractivity contribution < 1.29 is 17.9 Å². The molecule has 0 fully saturated rings. The smallest absolute Gasteiger partial charge is 0.242 e. The summed E-state index contributed by atoms with van der Waals surface area (Å²) in [6, 6.07) is 21.3. The summed E-state index contributed by atoms with van der Waals surface area (Å²) in [5, 5.41) is 2.72. The predicted octanol–water partition coefficient (Wildman–Crippen LogP) is 4.55. The molecule has 0 radical (unpaired) electrons. The van der Waals surface area contributed by atoms with Gasteiger partial charge in [-0.05, 0) is 55.5 Å². The average molecular weight is 475 g/mol. The molecule has 6 nitrogen and oxygen atoms in total. The lowest BCUT2D eigenvalue weighted by Crippen LogP contribution is -2.41. The van der Waals surface area contributed by atoms with Crippen LogP contribution in [0.5, 0.6) is 11.5 Å². The maximum absolute atomic E-state index is 12.6. The molecular weight excluding hydrogens is 456 g/mol. The van der Waals surface area contributed by atoms with Crippen molar-refractivity contribution in [2.75, 3.05) is 5.32 Å². The van der Waals surface area contributed by atoms with Crippen molar-refractivity contribution >= 4 is 37.5 Å². The standard InChI is InChI=1S/C21H19BrN2O4S/c1-15(24-29(26,27)18-13-11-16(22)12-14-18)21(25)23-19-9-5-6-10-20(19)28-17-7-3-2-4-8-17/h2-15,24H,1H3,(H,23,25)/t15-/m0/s1. The second kappa shape index (κ2) is 9.21. The molecule has 1 amide bonds. The van der Waals surface area contributed by atoms with Crippen molar-refractivity contribution in [3.8, 4) is 11.5 Å². The first-order valence-electron chi connectivity index (χ1n) is 8.76. The number of carbonyl (C=O) groups is 1. The van der Waals surface area contributed by atoms with Gasteiger partial charge in [-0.15, -0.1) is 0 Å². The first kappa shape index (κ1) is 21.0. The Labute approximate surface area is 178 Å². The van der Waals surface area contributed by atoms with Crippen LogP contribution >= 0.6 is 15.9 Å². The molecule has 0 aliphatic carbocycles. The Hall–Kier alpha value is -2.68. The van der Waals surface area contributed by atoms with Crippen molar-refractivity contribution in [2.45, 2.75) is 17.9 Å². The van der Waals surface area contributed by atoms with Crippen LogP contribution < -0.4 is 14.8 Å². The van der Waals surface area contributed by atoms with E-state index in [4.69, 9.17) is 4.74 Å². The van der Waals surface area contributed by atoms with Crippen molar-refractivity contribution in [3.05, 3.63) is 83.3 Å². The zero-order valence-electron chi connectivity index (χ0n) is 15.5. The van der Waals surface area contributed by atoms with Gasteiger partial charge in [0.05, 0.1) is 16.6 Å². The third kappa shape index (κ3) is 5.66. The molecule has 8 heteroatoms. The van der Waals surface area contributed by atoms with Crippen LogP contribution in [-0.2, 0) is 14.8 Å². The third-order valence-corrected chi connectivity index (χ3v) is 6.05. The molecule has 1 atom stereocenters. The molecule has 2 N–H and O–H groups in total. The highest BCUT2D eigenvalue weighted by Gasteiger charge is 2.22. The van der Waals surface area contributed by atoms with Crippen molar-refractivity contribution in [2.24, 2.45) is 0 Å². The van der Waals surface area contributed by atoms with Crippen LogP contribution in [0.3, 0.4) is 0 Å². The second-order valence-corrected chi connectivity index (χ2v) is 8.83. The molecule has 0 saturated carbocycles. The Morgan fingerprint density at radius 1 is 0.931 bits per heavy atom.